The number of halogens is 1. The molecular formula is C20H27ClN2O4. The van der Waals surface area contributed by atoms with Gasteiger partial charge in [-0.25, -0.2) is 4.79 Å². The van der Waals surface area contributed by atoms with Crippen molar-refractivity contribution < 1.29 is 19.4 Å². The van der Waals surface area contributed by atoms with Crippen molar-refractivity contribution >= 4 is 23.5 Å². The predicted molar refractivity (Wildman–Crippen MR) is 102 cm³/mol. The van der Waals surface area contributed by atoms with Gasteiger partial charge in [-0.3, -0.25) is 9.69 Å². The second-order valence-electron chi connectivity index (χ2n) is 7.71. The van der Waals surface area contributed by atoms with E-state index in [1.165, 1.54) is 0 Å². The van der Waals surface area contributed by atoms with E-state index in [2.05, 4.69) is 5.32 Å². The molecule has 1 heterocycles. The van der Waals surface area contributed by atoms with Crippen molar-refractivity contribution in [3.63, 3.8) is 0 Å². The number of β-amino-alcohol motifs (C(OH)–C–C–N with tert-alkyl or cyclic N) is 1. The van der Waals surface area contributed by atoms with Crippen LogP contribution in [0.3, 0.4) is 0 Å². The summed E-state index contributed by atoms with van der Waals surface area (Å²) in [4.78, 5) is 26.7. The Hall–Kier alpha value is -1.63. The largest absolute Gasteiger partial charge is 0.389 e. The summed E-state index contributed by atoms with van der Waals surface area (Å²) in [5.74, 6) is -0.0648. The minimum Gasteiger partial charge on any atom is -0.389 e. The number of amides is 3. The van der Waals surface area contributed by atoms with Gasteiger partial charge in [-0.1, -0.05) is 50.1 Å². The number of nitrogens with zero attached hydrogens (tertiary/aromatic N) is 1. The molecule has 1 saturated carbocycles. The first-order chi connectivity index (χ1) is 12.9. The van der Waals surface area contributed by atoms with Crippen molar-refractivity contribution in [1.82, 2.24) is 10.2 Å². The van der Waals surface area contributed by atoms with Gasteiger partial charge in [-0.2, -0.15) is 0 Å². The molecule has 148 valence electrons. The van der Waals surface area contributed by atoms with Crippen LogP contribution >= 0.6 is 11.6 Å². The van der Waals surface area contributed by atoms with E-state index in [9.17, 15) is 14.7 Å². The Morgan fingerprint density at radius 3 is 2.63 bits per heavy atom. The van der Waals surface area contributed by atoms with E-state index in [0.29, 0.717) is 5.02 Å². The maximum absolute atomic E-state index is 13.1. The number of urea groups is 1. The average Bonchev–Trinajstić information content (AvgIpc) is 2.87. The number of ether oxygens (including phenoxy) is 1. The number of carbonyl (C=O) groups excluding carboxylic acids is 2. The molecule has 1 saturated heterocycles. The van der Waals surface area contributed by atoms with Crippen LogP contribution < -0.4 is 5.32 Å². The Morgan fingerprint density at radius 2 is 1.96 bits per heavy atom. The molecule has 3 atom stereocenters. The standard InChI is InChI=1S/C20H27ClN2O4/c1-13-6-5-7-14(2)20(13)18(25)23(19(26)22-20)10-16(24)12-27-11-15-8-3-4-9-17(15)21/h3-4,8-9,13-14,16,24H,5-7,10-12H2,1-2H3,(H,22,26). The van der Waals surface area contributed by atoms with Crippen LogP contribution in [0.15, 0.2) is 24.3 Å². The molecule has 7 heteroatoms. The Balaban J connectivity index is 1.58. The van der Waals surface area contributed by atoms with Crippen LogP contribution in [-0.2, 0) is 16.1 Å². The minimum atomic E-state index is -0.952. The molecule has 0 bridgehead atoms. The highest BCUT2D eigenvalue weighted by Crippen LogP contribution is 2.42. The topological polar surface area (TPSA) is 78.9 Å². The molecule has 1 spiro atoms. The van der Waals surface area contributed by atoms with E-state index in [4.69, 9.17) is 16.3 Å². The number of rotatable bonds is 6. The Morgan fingerprint density at radius 1 is 1.30 bits per heavy atom. The lowest BCUT2D eigenvalue weighted by molar-refractivity contribution is -0.137. The number of aliphatic hydroxyl groups is 1. The van der Waals surface area contributed by atoms with Crippen LogP contribution in [0, 0.1) is 11.8 Å². The quantitative estimate of drug-likeness (QED) is 0.727. The number of hydrogen-bond acceptors (Lipinski definition) is 4. The van der Waals surface area contributed by atoms with Crippen LogP contribution in [0.4, 0.5) is 4.79 Å². The fraction of sp³-hybridized carbons (Fsp3) is 0.600. The summed E-state index contributed by atoms with van der Waals surface area (Å²) in [7, 11) is 0. The third-order valence-corrected chi connectivity index (χ3v) is 6.27. The Kier molecular flexibility index (Phi) is 6.08. The van der Waals surface area contributed by atoms with Gasteiger partial charge in [-0.05, 0) is 36.3 Å². The van der Waals surface area contributed by atoms with Crippen molar-refractivity contribution in [3.8, 4) is 0 Å². The van der Waals surface area contributed by atoms with Gasteiger partial charge in [0, 0.05) is 5.02 Å². The third-order valence-electron chi connectivity index (χ3n) is 5.91. The number of benzene rings is 1. The molecule has 6 nitrogen and oxygen atoms in total. The first-order valence-corrected chi connectivity index (χ1v) is 9.87. The van der Waals surface area contributed by atoms with Crippen molar-refractivity contribution in [1.29, 1.82) is 0 Å². The van der Waals surface area contributed by atoms with E-state index in [0.717, 1.165) is 29.7 Å². The maximum Gasteiger partial charge on any atom is 0.325 e. The number of nitrogens with one attached hydrogen (secondary N) is 1. The zero-order valence-corrected chi connectivity index (χ0v) is 16.5. The second-order valence-corrected chi connectivity index (χ2v) is 8.12. The monoisotopic (exact) mass is 394 g/mol. The zero-order valence-electron chi connectivity index (χ0n) is 15.8. The van der Waals surface area contributed by atoms with Crippen LogP contribution in [0.1, 0.15) is 38.7 Å². The molecular weight excluding hydrogens is 368 g/mol. The lowest BCUT2D eigenvalue weighted by Crippen LogP contribution is -2.59. The molecule has 0 aromatic heterocycles. The van der Waals surface area contributed by atoms with Crippen LogP contribution in [0.25, 0.3) is 0 Å². The van der Waals surface area contributed by atoms with E-state index in [1.54, 1.807) is 6.07 Å². The molecule has 2 fully saturated rings. The molecule has 2 aliphatic rings. The number of aliphatic hydroxyl groups excluding tert-OH is 1. The minimum absolute atomic E-state index is 0.0143. The van der Waals surface area contributed by atoms with Crippen LogP contribution in [-0.4, -0.2) is 46.7 Å². The molecule has 1 aliphatic heterocycles. The Labute approximate surface area is 164 Å². The molecule has 1 aromatic rings. The first kappa shape index (κ1) is 20.1. The van der Waals surface area contributed by atoms with Crippen molar-refractivity contribution in [2.24, 2.45) is 11.8 Å². The highest BCUT2D eigenvalue weighted by molar-refractivity contribution is 6.31. The van der Waals surface area contributed by atoms with Crippen LogP contribution in [0.5, 0.6) is 0 Å². The van der Waals surface area contributed by atoms with Crippen molar-refractivity contribution in [3.05, 3.63) is 34.9 Å². The second kappa shape index (κ2) is 8.17. The van der Waals surface area contributed by atoms with E-state index in [1.807, 2.05) is 32.0 Å². The summed E-state index contributed by atoms with van der Waals surface area (Å²) in [6.45, 7) is 4.23. The van der Waals surface area contributed by atoms with Gasteiger partial charge in [0.25, 0.3) is 5.91 Å². The van der Waals surface area contributed by atoms with Gasteiger partial charge >= 0.3 is 6.03 Å². The summed E-state index contributed by atoms with van der Waals surface area (Å²) in [6, 6.07) is 6.89. The van der Waals surface area contributed by atoms with Gasteiger partial charge in [0.2, 0.25) is 0 Å². The molecule has 0 radical (unpaired) electrons. The normalized spacial score (nSPS) is 29.3. The highest BCUT2D eigenvalue weighted by atomic mass is 35.5. The van der Waals surface area contributed by atoms with Gasteiger partial charge in [-0.15, -0.1) is 0 Å². The summed E-state index contributed by atoms with van der Waals surface area (Å²) in [5, 5.41) is 13.8. The molecule has 1 aliphatic carbocycles. The average molecular weight is 395 g/mol. The Bertz CT molecular complexity index is 701. The van der Waals surface area contributed by atoms with Crippen molar-refractivity contribution in [2.45, 2.75) is 51.4 Å². The third kappa shape index (κ3) is 3.84. The molecule has 3 unspecified atom stereocenters. The molecule has 3 rings (SSSR count). The van der Waals surface area contributed by atoms with E-state index in [-0.39, 0.29) is 37.5 Å². The van der Waals surface area contributed by atoms with E-state index < -0.39 is 17.7 Å². The fourth-order valence-corrected chi connectivity index (χ4v) is 4.49. The summed E-state index contributed by atoms with van der Waals surface area (Å²) >= 11 is 6.08. The maximum atomic E-state index is 13.1. The molecule has 2 N–H and O–H groups in total. The first-order valence-electron chi connectivity index (χ1n) is 9.49. The van der Waals surface area contributed by atoms with Gasteiger partial charge in [0.05, 0.1) is 25.9 Å². The SMILES string of the molecule is CC1CCCC(C)C12NC(=O)N(CC(O)COCc1ccccc1Cl)C2=O. The number of imide groups is 1. The molecule has 1 aromatic carbocycles. The van der Waals surface area contributed by atoms with Crippen LogP contribution in [0.2, 0.25) is 5.02 Å². The zero-order chi connectivity index (χ0) is 19.6. The predicted octanol–water partition coefficient (Wildman–Crippen LogP) is 2.96. The highest BCUT2D eigenvalue weighted by Gasteiger charge is 2.58. The molecule has 3 amide bonds. The van der Waals surface area contributed by atoms with Gasteiger partial charge in [0.15, 0.2) is 0 Å². The van der Waals surface area contributed by atoms with Crippen molar-refractivity contribution in [2.75, 3.05) is 13.2 Å². The summed E-state index contributed by atoms with van der Waals surface area (Å²) < 4.78 is 5.52. The number of hydrogen-bond donors (Lipinski definition) is 2. The van der Waals surface area contributed by atoms with Gasteiger partial charge in [0.1, 0.15) is 5.54 Å². The van der Waals surface area contributed by atoms with E-state index >= 15 is 0 Å². The summed E-state index contributed by atoms with van der Waals surface area (Å²) in [5.41, 5.74) is -0.0156. The smallest absolute Gasteiger partial charge is 0.325 e. The lowest BCUT2D eigenvalue weighted by atomic mass is 9.67. The van der Waals surface area contributed by atoms with Gasteiger partial charge < -0.3 is 15.2 Å². The molecule has 27 heavy (non-hydrogen) atoms. The number of carbonyl (C=O) groups is 2. The lowest BCUT2D eigenvalue weighted by Gasteiger charge is -2.42. The fourth-order valence-electron chi connectivity index (χ4n) is 4.30. The summed E-state index contributed by atoms with van der Waals surface area (Å²) in [6.07, 6.45) is 1.93.